The minimum absolute atomic E-state index is 0.221. The molecule has 0 spiro atoms. The van der Waals surface area contributed by atoms with Crippen molar-refractivity contribution >= 4 is 21.6 Å². The first-order chi connectivity index (χ1) is 11.5. The molecule has 24 heavy (non-hydrogen) atoms. The van der Waals surface area contributed by atoms with Crippen molar-refractivity contribution in [2.24, 2.45) is 0 Å². The smallest absolute Gasteiger partial charge is 0.247 e. The Morgan fingerprint density at radius 3 is 2.42 bits per heavy atom. The Hall–Kier alpha value is -2.44. The third kappa shape index (κ3) is 3.25. The maximum atomic E-state index is 12.8. The predicted molar refractivity (Wildman–Crippen MR) is 93.0 cm³/mol. The number of anilines is 1. The minimum atomic E-state index is -3.56. The SMILES string of the molecule is C=CC(=O)Nc1ccc(S(=O)(=O)N2CCc3ccccc3C2)cc1. The van der Waals surface area contributed by atoms with E-state index in [-0.39, 0.29) is 10.8 Å². The Labute approximate surface area is 141 Å². The third-order valence-electron chi connectivity index (χ3n) is 4.04. The van der Waals surface area contributed by atoms with Crippen molar-refractivity contribution in [2.45, 2.75) is 17.9 Å². The summed E-state index contributed by atoms with van der Waals surface area (Å²) < 4.78 is 27.1. The van der Waals surface area contributed by atoms with Crippen LogP contribution in [0.15, 0.2) is 66.1 Å². The topological polar surface area (TPSA) is 66.5 Å². The number of sulfonamides is 1. The highest BCUT2D eigenvalue weighted by Crippen LogP contribution is 2.25. The number of amides is 1. The van der Waals surface area contributed by atoms with E-state index in [1.54, 1.807) is 12.1 Å². The van der Waals surface area contributed by atoms with Crippen LogP contribution >= 0.6 is 0 Å². The van der Waals surface area contributed by atoms with E-state index in [0.29, 0.717) is 25.2 Å². The van der Waals surface area contributed by atoms with Crippen LogP contribution in [0.25, 0.3) is 0 Å². The summed E-state index contributed by atoms with van der Waals surface area (Å²) in [5.41, 5.74) is 2.77. The van der Waals surface area contributed by atoms with Crippen molar-refractivity contribution in [1.82, 2.24) is 4.31 Å². The summed E-state index contributed by atoms with van der Waals surface area (Å²) in [5.74, 6) is -0.335. The van der Waals surface area contributed by atoms with Gasteiger partial charge in [0.2, 0.25) is 15.9 Å². The lowest BCUT2D eigenvalue weighted by molar-refractivity contribution is -0.111. The van der Waals surface area contributed by atoms with E-state index in [4.69, 9.17) is 0 Å². The van der Waals surface area contributed by atoms with Gasteiger partial charge in [0.15, 0.2) is 0 Å². The molecule has 2 aromatic rings. The summed E-state index contributed by atoms with van der Waals surface area (Å²) >= 11 is 0. The number of hydrogen-bond acceptors (Lipinski definition) is 3. The average molecular weight is 342 g/mol. The van der Waals surface area contributed by atoms with Crippen LogP contribution in [0.1, 0.15) is 11.1 Å². The van der Waals surface area contributed by atoms with Gasteiger partial charge in [-0.05, 0) is 47.9 Å². The van der Waals surface area contributed by atoms with Crippen molar-refractivity contribution in [1.29, 1.82) is 0 Å². The van der Waals surface area contributed by atoms with E-state index >= 15 is 0 Å². The number of carbonyl (C=O) groups excluding carboxylic acids is 1. The standard InChI is InChI=1S/C18H18N2O3S/c1-2-18(21)19-16-7-9-17(10-8-16)24(22,23)20-12-11-14-5-3-4-6-15(14)13-20/h2-10H,1,11-13H2,(H,19,21). The molecule has 0 radical (unpaired) electrons. The Bertz CT molecular complexity index is 873. The van der Waals surface area contributed by atoms with Gasteiger partial charge in [-0.1, -0.05) is 30.8 Å². The Morgan fingerprint density at radius 2 is 1.75 bits per heavy atom. The minimum Gasteiger partial charge on any atom is -0.323 e. The van der Waals surface area contributed by atoms with Crippen molar-refractivity contribution in [2.75, 3.05) is 11.9 Å². The molecule has 0 aromatic heterocycles. The molecule has 1 amide bonds. The van der Waals surface area contributed by atoms with Gasteiger partial charge < -0.3 is 5.32 Å². The van der Waals surface area contributed by atoms with Crippen LogP contribution in [-0.2, 0) is 27.8 Å². The second-order valence-electron chi connectivity index (χ2n) is 5.58. The molecule has 1 aliphatic heterocycles. The lowest BCUT2D eigenvalue weighted by atomic mass is 10.0. The quantitative estimate of drug-likeness (QED) is 0.869. The maximum absolute atomic E-state index is 12.8. The molecule has 0 bridgehead atoms. The van der Waals surface area contributed by atoms with Crippen molar-refractivity contribution in [3.05, 3.63) is 72.3 Å². The largest absolute Gasteiger partial charge is 0.323 e. The van der Waals surface area contributed by atoms with Crippen LogP contribution in [0, 0.1) is 0 Å². The van der Waals surface area contributed by atoms with E-state index in [9.17, 15) is 13.2 Å². The van der Waals surface area contributed by atoms with Gasteiger partial charge in [-0.2, -0.15) is 4.31 Å². The van der Waals surface area contributed by atoms with Gasteiger partial charge in [0, 0.05) is 18.8 Å². The van der Waals surface area contributed by atoms with E-state index in [1.165, 1.54) is 22.0 Å². The molecule has 1 aliphatic rings. The summed E-state index contributed by atoms with van der Waals surface area (Å²) in [5, 5.41) is 2.60. The van der Waals surface area contributed by atoms with E-state index in [1.807, 2.05) is 24.3 Å². The molecule has 1 heterocycles. The first-order valence-corrected chi connectivity index (χ1v) is 9.05. The van der Waals surface area contributed by atoms with Gasteiger partial charge in [-0.25, -0.2) is 8.42 Å². The van der Waals surface area contributed by atoms with Gasteiger partial charge in [0.05, 0.1) is 4.90 Å². The molecule has 3 rings (SSSR count). The summed E-state index contributed by atoms with van der Waals surface area (Å²) in [6.45, 7) is 4.23. The average Bonchev–Trinajstić information content (AvgIpc) is 2.61. The highest BCUT2D eigenvalue weighted by molar-refractivity contribution is 7.89. The first-order valence-electron chi connectivity index (χ1n) is 7.61. The number of fused-ring (bicyclic) bond motifs is 1. The van der Waals surface area contributed by atoms with Crippen LogP contribution in [-0.4, -0.2) is 25.2 Å². The van der Waals surface area contributed by atoms with E-state index in [2.05, 4.69) is 11.9 Å². The molecule has 0 saturated heterocycles. The van der Waals surface area contributed by atoms with E-state index in [0.717, 1.165) is 11.6 Å². The summed E-state index contributed by atoms with van der Waals surface area (Å²) in [4.78, 5) is 11.5. The first kappa shape index (κ1) is 16.4. The van der Waals surface area contributed by atoms with Crippen LogP contribution < -0.4 is 5.32 Å². The number of rotatable bonds is 4. The zero-order valence-electron chi connectivity index (χ0n) is 13.1. The normalized spacial score (nSPS) is 14.7. The van der Waals surface area contributed by atoms with Crippen LogP contribution in [0.2, 0.25) is 0 Å². The number of nitrogens with one attached hydrogen (secondary N) is 1. The number of benzene rings is 2. The summed E-state index contributed by atoms with van der Waals surface area (Å²) in [6, 6.07) is 14.1. The predicted octanol–water partition coefficient (Wildman–Crippen LogP) is 2.56. The number of hydrogen-bond donors (Lipinski definition) is 1. The van der Waals surface area contributed by atoms with Gasteiger partial charge in [0.25, 0.3) is 0 Å². The van der Waals surface area contributed by atoms with Gasteiger partial charge in [0.1, 0.15) is 0 Å². The molecule has 124 valence electrons. The molecular weight excluding hydrogens is 324 g/mol. The molecule has 0 saturated carbocycles. The molecule has 0 atom stereocenters. The molecule has 0 unspecified atom stereocenters. The summed E-state index contributed by atoms with van der Waals surface area (Å²) in [6.07, 6.45) is 1.87. The molecule has 2 aromatic carbocycles. The third-order valence-corrected chi connectivity index (χ3v) is 5.90. The lowest BCUT2D eigenvalue weighted by Gasteiger charge is -2.28. The fraction of sp³-hybridized carbons (Fsp3) is 0.167. The van der Waals surface area contributed by atoms with Crippen molar-refractivity contribution in [3.8, 4) is 0 Å². The Morgan fingerprint density at radius 1 is 1.08 bits per heavy atom. The number of nitrogens with zero attached hydrogens (tertiary/aromatic N) is 1. The highest BCUT2D eigenvalue weighted by atomic mass is 32.2. The molecule has 0 fully saturated rings. The second-order valence-corrected chi connectivity index (χ2v) is 7.51. The fourth-order valence-electron chi connectivity index (χ4n) is 2.73. The molecular formula is C18H18N2O3S. The van der Waals surface area contributed by atoms with E-state index < -0.39 is 10.0 Å². The lowest BCUT2D eigenvalue weighted by Crippen LogP contribution is -2.35. The Balaban J connectivity index is 1.81. The maximum Gasteiger partial charge on any atom is 0.247 e. The van der Waals surface area contributed by atoms with Crippen LogP contribution in [0.4, 0.5) is 5.69 Å². The summed E-state index contributed by atoms with van der Waals surface area (Å²) in [7, 11) is -3.56. The second kappa shape index (κ2) is 6.59. The van der Waals surface area contributed by atoms with Gasteiger partial charge in [-0.3, -0.25) is 4.79 Å². The zero-order chi connectivity index (χ0) is 17.2. The monoisotopic (exact) mass is 342 g/mol. The zero-order valence-corrected chi connectivity index (χ0v) is 13.9. The van der Waals surface area contributed by atoms with Crippen LogP contribution in [0.5, 0.6) is 0 Å². The Kier molecular flexibility index (Phi) is 4.51. The van der Waals surface area contributed by atoms with Gasteiger partial charge in [-0.15, -0.1) is 0 Å². The van der Waals surface area contributed by atoms with Gasteiger partial charge >= 0.3 is 0 Å². The molecule has 6 heteroatoms. The molecule has 0 aliphatic carbocycles. The van der Waals surface area contributed by atoms with Crippen molar-refractivity contribution < 1.29 is 13.2 Å². The highest BCUT2D eigenvalue weighted by Gasteiger charge is 2.28. The molecule has 5 nitrogen and oxygen atoms in total. The molecule has 1 N–H and O–H groups in total. The number of carbonyl (C=O) groups is 1. The fourth-order valence-corrected chi connectivity index (χ4v) is 4.15. The van der Waals surface area contributed by atoms with Crippen molar-refractivity contribution in [3.63, 3.8) is 0 Å². The van der Waals surface area contributed by atoms with Crippen LogP contribution in [0.3, 0.4) is 0 Å².